The molecule has 26 heavy (non-hydrogen) atoms. The van der Waals surface area contributed by atoms with Gasteiger partial charge in [0.2, 0.25) is 0 Å². The van der Waals surface area contributed by atoms with Crippen LogP contribution >= 0.6 is 0 Å². The minimum absolute atomic E-state index is 0.428. The molecule has 0 aliphatic carbocycles. The fourth-order valence-corrected chi connectivity index (χ4v) is 2.66. The summed E-state index contributed by atoms with van der Waals surface area (Å²) < 4.78 is 10.6. The molecular formula is C21H19NO4. The molecule has 0 heterocycles. The third-order valence-corrected chi connectivity index (χ3v) is 4.03. The van der Waals surface area contributed by atoms with Crippen LogP contribution in [0.4, 0.5) is 5.69 Å². The van der Waals surface area contributed by atoms with Crippen LogP contribution in [0.15, 0.2) is 66.7 Å². The van der Waals surface area contributed by atoms with E-state index in [-0.39, 0.29) is 0 Å². The number of rotatable bonds is 5. The van der Waals surface area contributed by atoms with Crippen LogP contribution in [0.5, 0.6) is 5.75 Å². The topological polar surface area (TPSA) is 64.6 Å². The van der Waals surface area contributed by atoms with Gasteiger partial charge in [0.05, 0.1) is 18.4 Å². The van der Waals surface area contributed by atoms with Crippen molar-refractivity contribution in [2.45, 2.75) is 13.0 Å². The summed E-state index contributed by atoms with van der Waals surface area (Å²) in [5.41, 5.74) is 0.952. The van der Waals surface area contributed by atoms with Crippen molar-refractivity contribution in [2.24, 2.45) is 0 Å². The average molecular weight is 349 g/mol. The van der Waals surface area contributed by atoms with Gasteiger partial charge in [0, 0.05) is 0 Å². The van der Waals surface area contributed by atoms with Gasteiger partial charge in [-0.3, -0.25) is 4.79 Å². The van der Waals surface area contributed by atoms with Crippen molar-refractivity contribution in [1.29, 1.82) is 0 Å². The zero-order valence-electron chi connectivity index (χ0n) is 14.6. The molecule has 1 amide bonds. The summed E-state index contributed by atoms with van der Waals surface area (Å²) in [4.78, 5) is 24.9. The molecule has 5 nitrogen and oxygen atoms in total. The van der Waals surface area contributed by atoms with Crippen molar-refractivity contribution in [3.63, 3.8) is 0 Å². The van der Waals surface area contributed by atoms with Crippen molar-refractivity contribution in [1.82, 2.24) is 0 Å². The number of carbonyl (C=O) groups is 2. The van der Waals surface area contributed by atoms with Gasteiger partial charge in [-0.1, -0.05) is 48.5 Å². The first kappa shape index (κ1) is 17.5. The Kier molecular flexibility index (Phi) is 5.17. The van der Waals surface area contributed by atoms with Gasteiger partial charge in [-0.2, -0.15) is 0 Å². The number of amides is 1. The van der Waals surface area contributed by atoms with Crippen LogP contribution in [0, 0.1) is 0 Å². The van der Waals surface area contributed by atoms with E-state index < -0.39 is 18.0 Å². The molecule has 0 aromatic heterocycles. The predicted octanol–water partition coefficient (Wildman–Crippen LogP) is 4.03. The van der Waals surface area contributed by atoms with Gasteiger partial charge in [-0.15, -0.1) is 0 Å². The molecule has 132 valence electrons. The van der Waals surface area contributed by atoms with Gasteiger partial charge in [0.15, 0.2) is 6.10 Å². The standard InChI is InChI=1S/C21H19NO4/c1-14(20(23)22-18-12-5-6-13-19(18)25-2)26-21(24)17-11-7-9-15-8-3-4-10-16(15)17/h3-14H,1-2H3,(H,22,23)/t14-/m1/s1. The number of anilines is 1. The van der Waals surface area contributed by atoms with Crippen LogP contribution < -0.4 is 10.1 Å². The minimum atomic E-state index is -0.952. The smallest absolute Gasteiger partial charge is 0.339 e. The number of para-hydroxylation sites is 2. The van der Waals surface area contributed by atoms with Gasteiger partial charge in [-0.05, 0) is 35.9 Å². The van der Waals surface area contributed by atoms with E-state index in [0.29, 0.717) is 17.0 Å². The normalized spacial score (nSPS) is 11.6. The van der Waals surface area contributed by atoms with E-state index in [1.165, 1.54) is 14.0 Å². The highest BCUT2D eigenvalue weighted by Crippen LogP contribution is 2.24. The van der Waals surface area contributed by atoms with Crippen LogP contribution in [-0.2, 0) is 9.53 Å². The molecule has 0 saturated carbocycles. The molecular weight excluding hydrogens is 330 g/mol. The highest BCUT2D eigenvalue weighted by molar-refractivity contribution is 6.05. The molecule has 0 spiro atoms. The molecule has 3 aromatic carbocycles. The summed E-state index contributed by atoms with van der Waals surface area (Å²) in [5.74, 6) is -0.430. The average Bonchev–Trinajstić information content (AvgIpc) is 2.67. The number of esters is 1. The Balaban J connectivity index is 1.73. The SMILES string of the molecule is COc1ccccc1NC(=O)[C@@H](C)OC(=O)c1cccc2ccccc12. The van der Waals surface area contributed by atoms with Crippen molar-refractivity contribution in [3.8, 4) is 5.75 Å². The molecule has 1 atom stereocenters. The second-order valence-corrected chi connectivity index (χ2v) is 5.76. The van der Waals surface area contributed by atoms with Crippen LogP contribution in [0.25, 0.3) is 10.8 Å². The number of hydrogen-bond donors (Lipinski definition) is 1. The first-order chi connectivity index (χ1) is 12.6. The van der Waals surface area contributed by atoms with E-state index >= 15 is 0 Å². The fraction of sp³-hybridized carbons (Fsp3) is 0.143. The number of benzene rings is 3. The quantitative estimate of drug-likeness (QED) is 0.706. The maximum absolute atomic E-state index is 12.5. The summed E-state index contributed by atoms with van der Waals surface area (Å²) in [7, 11) is 1.52. The lowest BCUT2D eigenvalue weighted by Gasteiger charge is -2.15. The monoisotopic (exact) mass is 349 g/mol. The Labute approximate surface area is 151 Å². The maximum atomic E-state index is 12.5. The Morgan fingerprint density at radius 1 is 0.923 bits per heavy atom. The summed E-state index contributed by atoms with van der Waals surface area (Å²) in [6, 6.07) is 20.0. The lowest BCUT2D eigenvalue weighted by Crippen LogP contribution is -2.30. The van der Waals surface area contributed by atoms with E-state index in [2.05, 4.69) is 5.32 Å². The number of ether oxygens (including phenoxy) is 2. The molecule has 5 heteroatoms. The number of carbonyl (C=O) groups excluding carboxylic acids is 2. The molecule has 0 radical (unpaired) electrons. The fourth-order valence-electron chi connectivity index (χ4n) is 2.66. The minimum Gasteiger partial charge on any atom is -0.495 e. The Morgan fingerprint density at radius 2 is 1.62 bits per heavy atom. The van der Waals surface area contributed by atoms with Crippen LogP contribution in [-0.4, -0.2) is 25.1 Å². The largest absolute Gasteiger partial charge is 0.495 e. The van der Waals surface area contributed by atoms with Crippen LogP contribution in [0.2, 0.25) is 0 Å². The van der Waals surface area contributed by atoms with Crippen LogP contribution in [0.1, 0.15) is 17.3 Å². The zero-order chi connectivity index (χ0) is 18.5. The zero-order valence-corrected chi connectivity index (χ0v) is 14.6. The summed E-state index contributed by atoms with van der Waals surface area (Å²) in [6.45, 7) is 1.54. The highest BCUT2D eigenvalue weighted by Gasteiger charge is 2.21. The first-order valence-corrected chi connectivity index (χ1v) is 8.23. The van der Waals surface area contributed by atoms with Crippen molar-refractivity contribution in [2.75, 3.05) is 12.4 Å². The Bertz CT molecular complexity index is 946. The van der Waals surface area contributed by atoms with Crippen molar-refractivity contribution >= 4 is 28.3 Å². The van der Waals surface area contributed by atoms with Gasteiger partial charge >= 0.3 is 5.97 Å². The van der Waals surface area contributed by atoms with Gasteiger partial charge in [-0.25, -0.2) is 4.79 Å². The Morgan fingerprint density at radius 3 is 2.42 bits per heavy atom. The molecule has 1 N–H and O–H groups in total. The predicted molar refractivity (Wildman–Crippen MR) is 100 cm³/mol. The molecule has 0 unspecified atom stereocenters. The number of hydrogen-bond acceptors (Lipinski definition) is 4. The van der Waals surface area contributed by atoms with Gasteiger partial charge < -0.3 is 14.8 Å². The van der Waals surface area contributed by atoms with Crippen molar-refractivity contribution < 1.29 is 19.1 Å². The van der Waals surface area contributed by atoms with E-state index in [4.69, 9.17) is 9.47 Å². The molecule has 0 saturated heterocycles. The summed E-state index contributed by atoms with van der Waals surface area (Å²) >= 11 is 0. The molecule has 3 aromatic rings. The van der Waals surface area contributed by atoms with Gasteiger partial charge in [0.1, 0.15) is 5.75 Å². The van der Waals surface area contributed by atoms with E-state index in [1.54, 1.807) is 36.4 Å². The highest BCUT2D eigenvalue weighted by atomic mass is 16.5. The molecule has 3 rings (SSSR count). The third kappa shape index (κ3) is 3.67. The van der Waals surface area contributed by atoms with Crippen LogP contribution in [0.3, 0.4) is 0 Å². The second kappa shape index (κ2) is 7.70. The lowest BCUT2D eigenvalue weighted by molar-refractivity contribution is -0.123. The number of nitrogens with one attached hydrogen (secondary N) is 1. The lowest BCUT2D eigenvalue weighted by atomic mass is 10.0. The third-order valence-electron chi connectivity index (χ3n) is 4.03. The van der Waals surface area contributed by atoms with E-state index in [1.807, 2.05) is 30.3 Å². The summed E-state index contributed by atoms with van der Waals surface area (Å²) in [6.07, 6.45) is -0.952. The molecule has 0 bridgehead atoms. The number of methoxy groups -OCH3 is 1. The Hall–Kier alpha value is -3.34. The molecule has 0 aliphatic heterocycles. The second-order valence-electron chi connectivity index (χ2n) is 5.76. The molecule has 0 aliphatic rings. The summed E-state index contributed by atoms with van der Waals surface area (Å²) in [5, 5.41) is 4.44. The number of fused-ring (bicyclic) bond motifs is 1. The maximum Gasteiger partial charge on any atom is 0.339 e. The van der Waals surface area contributed by atoms with Crippen molar-refractivity contribution in [3.05, 3.63) is 72.3 Å². The first-order valence-electron chi connectivity index (χ1n) is 8.23. The van der Waals surface area contributed by atoms with E-state index in [9.17, 15) is 9.59 Å². The van der Waals surface area contributed by atoms with Gasteiger partial charge in [0.25, 0.3) is 5.91 Å². The van der Waals surface area contributed by atoms with E-state index in [0.717, 1.165) is 10.8 Å². The molecule has 0 fully saturated rings.